The molecule has 0 saturated heterocycles. The van der Waals surface area contributed by atoms with Crippen molar-refractivity contribution in [3.8, 4) is 11.5 Å². The van der Waals surface area contributed by atoms with Gasteiger partial charge in [-0.05, 0) is 67.6 Å². The minimum absolute atomic E-state index is 0.0291. The van der Waals surface area contributed by atoms with Crippen LogP contribution in [0.15, 0.2) is 12.1 Å². The normalized spacial score (nSPS) is 29.3. The number of aryl methyl sites for hydroxylation is 1. The van der Waals surface area contributed by atoms with Crippen molar-refractivity contribution in [1.82, 2.24) is 0 Å². The Hall–Kier alpha value is -1.18. The smallest absolute Gasteiger partial charge is 0.127 e. The first-order chi connectivity index (χ1) is 11.0. The summed E-state index contributed by atoms with van der Waals surface area (Å²) in [6.07, 6.45) is 8.08. The van der Waals surface area contributed by atoms with Crippen molar-refractivity contribution in [2.75, 3.05) is 0 Å². The maximum atomic E-state index is 10.7. The molecule has 3 rings (SSSR count). The summed E-state index contributed by atoms with van der Waals surface area (Å²) >= 11 is 0. The van der Waals surface area contributed by atoms with E-state index in [-0.39, 0.29) is 5.60 Å². The molecule has 1 aromatic carbocycles. The van der Waals surface area contributed by atoms with Gasteiger partial charge < -0.3 is 9.84 Å². The van der Waals surface area contributed by atoms with E-state index < -0.39 is 0 Å². The first-order valence-electron chi connectivity index (χ1n) is 9.51. The molecule has 2 heteroatoms. The fraction of sp³-hybridized carbons (Fsp3) is 0.714. The summed E-state index contributed by atoms with van der Waals surface area (Å²) < 4.78 is 6.57. The van der Waals surface area contributed by atoms with Gasteiger partial charge in [-0.25, -0.2) is 0 Å². The molecule has 1 heterocycles. The van der Waals surface area contributed by atoms with Gasteiger partial charge in [0.2, 0.25) is 0 Å². The fourth-order valence-electron chi connectivity index (χ4n) is 4.54. The van der Waals surface area contributed by atoms with Gasteiger partial charge in [0.1, 0.15) is 17.1 Å². The molecule has 0 aromatic heterocycles. The minimum atomic E-state index is -0.0291. The van der Waals surface area contributed by atoms with E-state index in [9.17, 15) is 5.11 Å². The molecule has 23 heavy (non-hydrogen) atoms. The quantitative estimate of drug-likeness (QED) is 0.694. The van der Waals surface area contributed by atoms with Crippen LogP contribution < -0.4 is 4.74 Å². The summed E-state index contributed by atoms with van der Waals surface area (Å²) in [6.45, 7) is 9.12. The number of hydrogen-bond donors (Lipinski definition) is 1. The number of phenols is 1. The topological polar surface area (TPSA) is 29.5 Å². The average Bonchev–Trinajstić information content (AvgIpc) is 2.51. The van der Waals surface area contributed by atoms with Gasteiger partial charge in [-0.3, -0.25) is 0 Å². The van der Waals surface area contributed by atoms with Crippen molar-refractivity contribution < 1.29 is 9.84 Å². The highest BCUT2D eigenvalue weighted by molar-refractivity contribution is 5.52. The zero-order valence-corrected chi connectivity index (χ0v) is 15.2. The predicted octanol–water partition coefficient (Wildman–Crippen LogP) is 5.82. The maximum Gasteiger partial charge on any atom is 0.127 e. The minimum Gasteiger partial charge on any atom is -0.508 e. The molecule has 1 saturated carbocycles. The molecule has 0 spiro atoms. The number of aromatic hydroxyl groups is 1. The first kappa shape index (κ1) is 16.7. The van der Waals surface area contributed by atoms with E-state index >= 15 is 0 Å². The molecule has 0 amide bonds. The lowest BCUT2D eigenvalue weighted by molar-refractivity contribution is -0.0479. The standard InChI is InChI=1S/C21H32O2/c1-5-6-7-8-16-11-18(22)20-17-13-21(14(2)3,10-9-15(17)4)23-19(20)12-16/h11-12,14-15,17,22H,5-10,13H2,1-4H3/t15-,17-,21-/m0/s1. The number of hydrogen-bond acceptors (Lipinski definition) is 2. The second-order valence-electron chi connectivity index (χ2n) is 8.13. The third-order valence-corrected chi connectivity index (χ3v) is 6.26. The van der Waals surface area contributed by atoms with Crippen LogP contribution in [-0.4, -0.2) is 10.7 Å². The molecular formula is C21H32O2. The molecule has 1 aliphatic carbocycles. The zero-order valence-electron chi connectivity index (χ0n) is 15.2. The first-order valence-corrected chi connectivity index (χ1v) is 9.51. The van der Waals surface area contributed by atoms with Gasteiger partial charge in [0.15, 0.2) is 0 Å². The Morgan fingerprint density at radius 1 is 1.30 bits per heavy atom. The molecule has 3 atom stereocenters. The average molecular weight is 316 g/mol. The summed E-state index contributed by atoms with van der Waals surface area (Å²) in [5.41, 5.74) is 2.27. The van der Waals surface area contributed by atoms with Crippen molar-refractivity contribution in [2.24, 2.45) is 11.8 Å². The Morgan fingerprint density at radius 3 is 2.78 bits per heavy atom. The lowest BCUT2D eigenvalue weighted by atomic mass is 9.64. The van der Waals surface area contributed by atoms with Crippen LogP contribution in [0.3, 0.4) is 0 Å². The maximum absolute atomic E-state index is 10.7. The molecule has 2 aliphatic rings. The van der Waals surface area contributed by atoms with Gasteiger partial charge >= 0.3 is 0 Å². The highest BCUT2D eigenvalue weighted by atomic mass is 16.5. The molecule has 128 valence electrons. The molecule has 2 bridgehead atoms. The van der Waals surface area contributed by atoms with Crippen LogP contribution in [-0.2, 0) is 6.42 Å². The summed E-state index contributed by atoms with van der Waals surface area (Å²) in [6, 6.07) is 4.20. The van der Waals surface area contributed by atoms with Gasteiger partial charge in [0.05, 0.1) is 0 Å². The van der Waals surface area contributed by atoms with Crippen LogP contribution in [0, 0.1) is 11.8 Å². The summed E-state index contributed by atoms with van der Waals surface area (Å²) in [5.74, 6) is 3.01. The molecule has 1 N–H and O–H groups in total. The number of ether oxygens (including phenoxy) is 1. The van der Waals surface area contributed by atoms with Crippen molar-refractivity contribution in [3.05, 3.63) is 23.3 Å². The largest absolute Gasteiger partial charge is 0.508 e. The third-order valence-electron chi connectivity index (χ3n) is 6.26. The highest BCUT2D eigenvalue weighted by Gasteiger charge is 2.49. The van der Waals surface area contributed by atoms with E-state index in [2.05, 4.69) is 33.8 Å². The van der Waals surface area contributed by atoms with Crippen LogP contribution in [0.1, 0.15) is 83.3 Å². The van der Waals surface area contributed by atoms with E-state index in [4.69, 9.17) is 4.74 Å². The Bertz CT molecular complexity index is 563. The molecule has 1 fully saturated rings. The van der Waals surface area contributed by atoms with Gasteiger partial charge in [0.25, 0.3) is 0 Å². The van der Waals surface area contributed by atoms with E-state index in [0.717, 1.165) is 30.6 Å². The monoisotopic (exact) mass is 316 g/mol. The number of fused-ring (bicyclic) bond motifs is 4. The van der Waals surface area contributed by atoms with Gasteiger partial charge in [0, 0.05) is 5.56 Å². The van der Waals surface area contributed by atoms with E-state index in [1.165, 1.54) is 31.2 Å². The van der Waals surface area contributed by atoms with Crippen molar-refractivity contribution in [2.45, 2.75) is 84.2 Å². The van der Waals surface area contributed by atoms with Crippen molar-refractivity contribution >= 4 is 0 Å². The predicted molar refractivity (Wildman–Crippen MR) is 95.3 cm³/mol. The highest BCUT2D eigenvalue weighted by Crippen LogP contribution is 2.56. The van der Waals surface area contributed by atoms with Crippen molar-refractivity contribution in [3.63, 3.8) is 0 Å². The Kier molecular flexibility index (Phi) is 4.62. The number of benzene rings is 1. The molecule has 1 aliphatic heterocycles. The van der Waals surface area contributed by atoms with Gasteiger partial charge in [-0.1, -0.05) is 40.5 Å². The molecular weight excluding hydrogens is 284 g/mol. The zero-order chi connectivity index (χ0) is 16.6. The van der Waals surface area contributed by atoms with Gasteiger partial charge in [-0.15, -0.1) is 0 Å². The number of phenolic OH excluding ortho intramolecular Hbond substituents is 1. The molecule has 0 unspecified atom stereocenters. The van der Waals surface area contributed by atoms with Crippen LogP contribution in [0.2, 0.25) is 0 Å². The van der Waals surface area contributed by atoms with E-state index in [1.807, 2.05) is 6.07 Å². The van der Waals surface area contributed by atoms with Crippen LogP contribution in [0.5, 0.6) is 11.5 Å². The summed E-state index contributed by atoms with van der Waals surface area (Å²) in [4.78, 5) is 0. The Morgan fingerprint density at radius 2 is 2.09 bits per heavy atom. The van der Waals surface area contributed by atoms with Crippen LogP contribution >= 0.6 is 0 Å². The Labute approximate surface area is 141 Å². The SMILES string of the molecule is CCCCCc1cc(O)c2c(c1)O[C@@]1(C(C)C)CC[C@H](C)[C@@H]2C1. The van der Waals surface area contributed by atoms with E-state index in [0.29, 0.717) is 23.5 Å². The summed E-state index contributed by atoms with van der Waals surface area (Å²) in [5, 5.41) is 10.7. The fourth-order valence-corrected chi connectivity index (χ4v) is 4.54. The molecule has 2 nitrogen and oxygen atoms in total. The summed E-state index contributed by atoms with van der Waals surface area (Å²) in [7, 11) is 0. The number of unbranched alkanes of at least 4 members (excludes halogenated alkanes) is 2. The third kappa shape index (κ3) is 2.97. The molecule has 0 radical (unpaired) electrons. The lowest BCUT2D eigenvalue weighted by Gasteiger charge is -2.51. The van der Waals surface area contributed by atoms with E-state index in [1.54, 1.807) is 0 Å². The second kappa shape index (κ2) is 6.37. The second-order valence-corrected chi connectivity index (χ2v) is 8.13. The Balaban J connectivity index is 1.96. The van der Waals surface area contributed by atoms with Crippen LogP contribution in [0.25, 0.3) is 0 Å². The van der Waals surface area contributed by atoms with Crippen LogP contribution in [0.4, 0.5) is 0 Å². The van der Waals surface area contributed by atoms with Crippen molar-refractivity contribution in [1.29, 1.82) is 0 Å². The number of rotatable bonds is 5. The van der Waals surface area contributed by atoms with Gasteiger partial charge in [-0.2, -0.15) is 0 Å². The molecule has 1 aromatic rings. The lowest BCUT2D eigenvalue weighted by Crippen LogP contribution is -2.49.